The maximum absolute atomic E-state index is 11.9. The number of nitrogens with zero attached hydrogens (tertiary/aromatic N) is 3. The van der Waals surface area contributed by atoms with Crippen molar-refractivity contribution in [2.75, 3.05) is 18.4 Å². The minimum absolute atomic E-state index is 0.179. The predicted molar refractivity (Wildman–Crippen MR) is 66.3 cm³/mol. The van der Waals surface area contributed by atoms with Gasteiger partial charge in [0.25, 0.3) is 0 Å². The molecule has 0 saturated carbocycles. The van der Waals surface area contributed by atoms with Gasteiger partial charge < -0.3 is 15.3 Å². The topological polar surface area (TPSA) is 87.5 Å². The Kier molecular flexibility index (Phi) is 4.70. The number of aryl methyl sites for hydroxylation is 1. The van der Waals surface area contributed by atoms with Crippen LogP contribution in [0.5, 0.6) is 0 Å². The van der Waals surface area contributed by atoms with Gasteiger partial charge in [-0.3, -0.25) is 9.48 Å². The monoisotopic (exact) mass is 254 g/mol. The van der Waals surface area contributed by atoms with Crippen LogP contribution < -0.4 is 5.32 Å². The summed E-state index contributed by atoms with van der Waals surface area (Å²) < 4.78 is 1.58. The Balaban J connectivity index is 2.59. The van der Waals surface area contributed by atoms with Crippen molar-refractivity contribution in [3.8, 4) is 0 Å². The minimum atomic E-state index is -0.914. The summed E-state index contributed by atoms with van der Waals surface area (Å²) in [6.45, 7) is 4.00. The van der Waals surface area contributed by atoms with Crippen molar-refractivity contribution < 1.29 is 14.7 Å². The number of nitrogens with one attached hydrogen (secondary N) is 1. The summed E-state index contributed by atoms with van der Waals surface area (Å²) >= 11 is 0. The van der Waals surface area contributed by atoms with Gasteiger partial charge in [0.2, 0.25) is 0 Å². The molecule has 0 radical (unpaired) electrons. The maximum atomic E-state index is 11.9. The Morgan fingerprint density at radius 3 is 2.72 bits per heavy atom. The van der Waals surface area contributed by atoms with Crippen LogP contribution >= 0.6 is 0 Å². The first-order valence-corrected chi connectivity index (χ1v) is 5.71. The van der Waals surface area contributed by atoms with E-state index in [0.29, 0.717) is 12.2 Å². The van der Waals surface area contributed by atoms with Gasteiger partial charge in [-0.15, -0.1) is 0 Å². The zero-order valence-corrected chi connectivity index (χ0v) is 10.8. The number of carboxylic acids is 1. The molecule has 1 aromatic rings. The third kappa shape index (κ3) is 3.76. The molecule has 1 aromatic heterocycles. The van der Waals surface area contributed by atoms with Crippen LogP contribution in [0, 0.1) is 5.92 Å². The summed E-state index contributed by atoms with van der Waals surface area (Å²) in [5.74, 6) is -1.51. The highest BCUT2D eigenvalue weighted by Crippen LogP contribution is 2.07. The molecule has 1 atom stereocenters. The fourth-order valence-corrected chi connectivity index (χ4v) is 1.45. The third-order valence-corrected chi connectivity index (χ3v) is 2.54. The number of amides is 2. The van der Waals surface area contributed by atoms with Gasteiger partial charge in [-0.2, -0.15) is 5.10 Å². The lowest BCUT2D eigenvalue weighted by Gasteiger charge is -2.22. The molecule has 2 N–H and O–H groups in total. The van der Waals surface area contributed by atoms with Crippen molar-refractivity contribution >= 4 is 17.7 Å². The van der Waals surface area contributed by atoms with Gasteiger partial charge in [-0.1, -0.05) is 6.92 Å². The Morgan fingerprint density at radius 2 is 2.28 bits per heavy atom. The Hall–Kier alpha value is -2.05. The fraction of sp³-hybridized carbons (Fsp3) is 0.545. The van der Waals surface area contributed by atoms with Crippen LogP contribution in [0.2, 0.25) is 0 Å². The molecule has 100 valence electrons. The molecular weight excluding hydrogens is 236 g/mol. The molecule has 0 aromatic carbocycles. The van der Waals surface area contributed by atoms with Crippen molar-refractivity contribution in [2.24, 2.45) is 13.0 Å². The quantitative estimate of drug-likeness (QED) is 0.820. The maximum Gasteiger partial charge on any atom is 0.321 e. The molecule has 0 aliphatic carbocycles. The van der Waals surface area contributed by atoms with E-state index in [-0.39, 0.29) is 12.6 Å². The molecule has 1 heterocycles. The Bertz CT molecular complexity index is 430. The SMILES string of the molecule is CCN(CC(C)C(=O)O)C(=O)Nc1cnn(C)c1. The third-order valence-electron chi connectivity index (χ3n) is 2.54. The highest BCUT2D eigenvalue weighted by molar-refractivity contribution is 5.89. The molecule has 1 rings (SSSR count). The number of carbonyl (C=O) groups is 2. The number of hydrogen-bond donors (Lipinski definition) is 2. The van der Waals surface area contributed by atoms with E-state index in [1.807, 2.05) is 0 Å². The number of carboxylic acid groups (broad SMARTS) is 1. The second kappa shape index (κ2) is 6.04. The molecule has 7 nitrogen and oxygen atoms in total. The Morgan fingerprint density at radius 1 is 1.61 bits per heavy atom. The lowest BCUT2D eigenvalue weighted by Crippen LogP contribution is -2.39. The average molecular weight is 254 g/mol. The van der Waals surface area contributed by atoms with Gasteiger partial charge >= 0.3 is 12.0 Å². The van der Waals surface area contributed by atoms with E-state index in [9.17, 15) is 9.59 Å². The molecule has 0 aliphatic heterocycles. The van der Waals surface area contributed by atoms with Gasteiger partial charge in [0.1, 0.15) is 0 Å². The first-order chi connectivity index (χ1) is 8.43. The smallest absolute Gasteiger partial charge is 0.321 e. The molecule has 2 amide bonds. The van der Waals surface area contributed by atoms with Gasteiger partial charge in [-0.05, 0) is 6.92 Å². The van der Waals surface area contributed by atoms with Gasteiger partial charge in [0.15, 0.2) is 0 Å². The van der Waals surface area contributed by atoms with Crippen LogP contribution in [0.1, 0.15) is 13.8 Å². The number of aliphatic carboxylic acids is 1. The van der Waals surface area contributed by atoms with Gasteiger partial charge in [-0.25, -0.2) is 4.79 Å². The molecule has 7 heteroatoms. The van der Waals surface area contributed by atoms with E-state index in [0.717, 1.165) is 0 Å². The summed E-state index contributed by atoms with van der Waals surface area (Å²) in [6, 6.07) is -0.321. The largest absolute Gasteiger partial charge is 0.481 e. The molecule has 1 unspecified atom stereocenters. The summed E-state index contributed by atoms with van der Waals surface area (Å²) in [5, 5.41) is 15.4. The molecule has 0 fully saturated rings. The first kappa shape index (κ1) is 14.0. The van der Waals surface area contributed by atoms with Gasteiger partial charge in [0.05, 0.1) is 17.8 Å². The van der Waals surface area contributed by atoms with Crippen LogP contribution in [0.4, 0.5) is 10.5 Å². The zero-order chi connectivity index (χ0) is 13.7. The minimum Gasteiger partial charge on any atom is -0.481 e. The van der Waals surface area contributed by atoms with E-state index in [2.05, 4.69) is 10.4 Å². The summed E-state index contributed by atoms with van der Waals surface area (Å²) in [5.41, 5.74) is 0.587. The highest BCUT2D eigenvalue weighted by atomic mass is 16.4. The Labute approximate surface area is 105 Å². The molecule has 0 aliphatic rings. The van der Waals surface area contributed by atoms with Crippen LogP contribution in [-0.2, 0) is 11.8 Å². The lowest BCUT2D eigenvalue weighted by molar-refractivity contribution is -0.141. The molecule has 18 heavy (non-hydrogen) atoms. The van der Waals surface area contributed by atoms with Crippen molar-refractivity contribution in [1.29, 1.82) is 0 Å². The van der Waals surface area contributed by atoms with Gasteiger partial charge in [0, 0.05) is 26.3 Å². The summed E-state index contributed by atoms with van der Waals surface area (Å²) in [4.78, 5) is 24.1. The number of hydrogen-bond acceptors (Lipinski definition) is 3. The van der Waals surface area contributed by atoms with Crippen molar-refractivity contribution in [2.45, 2.75) is 13.8 Å². The van der Waals surface area contributed by atoms with Crippen LogP contribution in [0.3, 0.4) is 0 Å². The van der Waals surface area contributed by atoms with E-state index < -0.39 is 11.9 Å². The molecule has 0 bridgehead atoms. The van der Waals surface area contributed by atoms with Crippen molar-refractivity contribution in [3.05, 3.63) is 12.4 Å². The van der Waals surface area contributed by atoms with E-state index in [1.165, 1.54) is 11.1 Å². The molecule has 0 saturated heterocycles. The summed E-state index contributed by atoms with van der Waals surface area (Å²) in [6.07, 6.45) is 3.21. The van der Waals surface area contributed by atoms with Crippen LogP contribution in [0.25, 0.3) is 0 Å². The average Bonchev–Trinajstić information content (AvgIpc) is 2.70. The number of urea groups is 1. The molecule has 0 spiro atoms. The highest BCUT2D eigenvalue weighted by Gasteiger charge is 2.19. The van der Waals surface area contributed by atoms with Crippen LogP contribution in [-0.4, -0.2) is 44.9 Å². The van der Waals surface area contributed by atoms with Crippen molar-refractivity contribution in [1.82, 2.24) is 14.7 Å². The zero-order valence-electron chi connectivity index (χ0n) is 10.8. The number of rotatable bonds is 5. The normalized spacial score (nSPS) is 11.9. The number of carbonyl (C=O) groups excluding carboxylic acids is 1. The number of aromatic nitrogens is 2. The lowest BCUT2D eigenvalue weighted by atomic mass is 10.2. The number of anilines is 1. The second-order valence-electron chi connectivity index (χ2n) is 4.11. The molecular formula is C11H18N4O3. The predicted octanol–water partition coefficient (Wildman–Crippen LogP) is 0.995. The fourth-order valence-electron chi connectivity index (χ4n) is 1.45. The van der Waals surface area contributed by atoms with E-state index >= 15 is 0 Å². The van der Waals surface area contributed by atoms with Crippen LogP contribution in [0.15, 0.2) is 12.4 Å². The van der Waals surface area contributed by atoms with E-state index in [4.69, 9.17) is 5.11 Å². The summed E-state index contributed by atoms with van der Waals surface area (Å²) in [7, 11) is 1.75. The first-order valence-electron chi connectivity index (χ1n) is 5.71. The second-order valence-corrected chi connectivity index (χ2v) is 4.11. The van der Waals surface area contributed by atoms with Crippen molar-refractivity contribution in [3.63, 3.8) is 0 Å². The van der Waals surface area contributed by atoms with E-state index in [1.54, 1.807) is 31.8 Å². The standard InChI is InChI=1S/C11H18N4O3/c1-4-15(6-8(2)10(16)17)11(18)13-9-5-12-14(3)7-9/h5,7-8H,4,6H2,1-3H3,(H,13,18)(H,16,17).